The van der Waals surface area contributed by atoms with Crippen molar-refractivity contribution < 1.29 is 40.7 Å². The summed E-state index contributed by atoms with van der Waals surface area (Å²) in [7, 11) is 7.91. The topological polar surface area (TPSA) is 107 Å². The summed E-state index contributed by atoms with van der Waals surface area (Å²) in [4.78, 5) is 12.7. The number of benzene rings is 2. The molecule has 0 atom stereocenters. The Morgan fingerprint density at radius 1 is 0.765 bits per heavy atom. The average Bonchev–Trinajstić information content (AvgIpc) is 2.79. The average molecular weight is 510 g/mol. The van der Waals surface area contributed by atoms with Gasteiger partial charge in [-0.2, -0.15) is 0 Å². The zero-order valence-corrected chi connectivity index (χ0v) is 21.6. The summed E-state index contributed by atoms with van der Waals surface area (Å²) in [6, 6.07) is 10.3. The van der Waals surface area contributed by atoms with E-state index in [-0.39, 0.29) is 11.5 Å². The molecule has 0 unspecified atom stereocenters. The van der Waals surface area contributed by atoms with E-state index in [1.807, 2.05) is 50.1 Å². The first-order valence-electron chi connectivity index (χ1n) is 10.7. The second kappa shape index (κ2) is 16.8. The van der Waals surface area contributed by atoms with Crippen LogP contribution in [0, 0.1) is 0 Å². The molecule has 9 nitrogen and oxygen atoms in total. The van der Waals surface area contributed by atoms with Gasteiger partial charge in [0.25, 0.3) is 0 Å². The Bertz CT molecular complexity index is 849. The van der Waals surface area contributed by atoms with Crippen molar-refractivity contribution in [2.24, 2.45) is 9.98 Å². The maximum atomic E-state index is 10.1. The molecule has 0 aliphatic heterocycles. The van der Waals surface area contributed by atoms with E-state index in [9.17, 15) is 10.2 Å². The number of aromatic hydroxyl groups is 2. The number of ether oxygens (including phenoxy) is 2. The number of hydrogen-bond acceptors (Lipinski definition) is 9. The zero-order valence-electron chi connectivity index (χ0n) is 20.2. The molecule has 10 heteroatoms. The molecule has 34 heavy (non-hydrogen) atoms. The van der Waals surface area contributed by atoms with Gasteiger partial charge in [0.15, 0.2) is 0 Å². The third kappa shape index (κ3) is 11.9. The normalized spacial score (nSPS) is 11.2. The van der Waals surface area contributed by atoms with Gasteiger partial charge in [0, 0.05) is 48.8 Å². The minimum atomic E-state index is 0.123. The predicted molar refractivity (Wildman–Crippen MR) is 130 cm³/mol. The predicted octanol–water partition coefficient (Wildman–Crippen LogP) is 2.40. The monoisotopic (exact) mass is 509 g/mol. The van der Waals surface area contributed by atoms with Gasteiger partial charge in [0.2, 0.25) is 0 Å². The second-order valence-electron chi connectivity index (χ2n) is 7.82. The van der Waals surface area contributed by atoms with Crippen LogP contribution < -0.4 is 9.47 Å². The van der Waals surface area contributed by atoms with Crippen molar-refractivity contribution in [3.05, 3.63) is 47.5 Å². The van der Waals surface area contributed by atoms with Crippen molar-refractivity contribution in [2.45, 2.75) is 0 Å². The number of aliphatic imine (C=N–C) groups is 2. The van der Waals surface area contributed by atoms with Crippen molar-refractivity contribution in [2.75, 3.05) is 67.6 Å². The van der Waals surface area contributed by atoms with Gasteiger partial charge in [-0.25, -0.2) is 0 Å². The summed E-state index contributed by atoms with van der Waals surface area (Å²) in [5.41, 5.74) is 1.24. The van der Waals surface area contributed by atoms with Gasteiger partial charge in [0.1, 0.15) is 36.2 Å². The standard InChI is InChI=1S/C24H34N4O4.O.V/c1-27(2)11-13-31-21-7-5-19(23(29)15-21)17-25-9-10-26-18-20-6-8-22(16-24(20)30)32-14-12-28(3)4;;/h5-8,15-18,29-30H,9-14H2,1-4H3;;. The molecule has 0 saturated heterocycles. The molecule has 2 rings (SSSR count). The molecule has 0 radical (unpaired) electrons. The quantitative estimate of drug-likeness (QED) is 0.315. The van der Waals surface area contributed by atoms with Crippen molar-refractivity contribution in [1.82, 2.24) is 9.80 Å². The van der Waals surface area contributed by atoms with Crippen LogP contribution >= 0.6 is 0 Å². The molecule has 0 aromatic heterocycles. The first kappa shape index (κ1) is 29.3. The summed E-state index contributed by atoms with van der Waals surface area (Å²) in [5, 5.41) is 20.3. The fraction of sp³-hybridized carbons (Fsp3) is 0.417. The Morgan fingerprint density at radius 3 is 1.47 bits per heavy atom. The van der Waals surface area contributed by atoms with E-state index in [1.54, 1.807) is 36.7 Å². The van der Waals surface area contributed by atoms with Crippen LogP contribution in [0.2, 0.25) is 0 Å². The van der Waals surface area contributed by atoms with Crippen LogP contribution in [0.4, 0.5) is 0 Å². The number of rotatable bonds is 13. The van der Waals surface area contributed by atoms with E-state index < -0.39 is 0 Å². The number of nitrogens with zero attached hydrogens (tertiary/aromatic N) is 4. The third-order valence-electron chi connectivity index (χ3n) is 4.44. The summed E-state index contributed by atoms with van der Waals surface area (Å²) < 4.78 is 19.4. The van der Waals surface area contributed by atoms with Crippen LogP contribution in [0.3, 0.4) is 0 Å². The Labute approximate surface area is 210 Å². The van der Waals surface area contributed by atoms with E-state index in [0.717, 1.165) is 30.5 Å². The Morgan fingerprint density at radius 2 is 1.15 bits per heavy atom. The first-order valence-corrected chi connectivity index (χ1v) is 11.3. The summed E-state index contributed by atoms with van der Waals surface area (Å²) >= 11 is 1.06. The molecule has 2 N–H and O–H groups in total. The number of hydrogen-bond donors (Lipinski definition) is 2. The molecule has 0 saturated carbocycles. The molecule has 0 aliphatic carbocycles. The number of phenols is 2. The fourth-order valence-corrected chi connectivity index (χ4v) is 2.58. The SMILES string of the molecule is CN(C)CCOc1ccc(C=NCCN=Cc2ccc(OCCN(C)C)cc2O)c(O)c1.[O]=[V]. The van der Waals surface area contributed by atoms with Crippen molar-refractivity contribution in [1.29, 1.82) is 0 Å². The minimum absolute atomic E-state index is 0.123. The van der Waals surface area contributed by atoms with E-state index >= 15 is 0 Å². The van der Waals surface area contributed by atoms with Crippen molar-refractivity contribution in [3.63, 3.8) is 0 Å². The maximum absolute atomic E-state index is 10.1. The van der Waals surface area contributed by atoms with E-state index in [2.05, 4.69) is 9.98 Å². The second-order valence-corrected chi connectivity index (χ2v) is 7.82. The summed E-state index contributed by atoms with van der Waals surface area (Å²) in [6.07, 6.45) is 3.23. The zero-order chi connectivity index (χ0) is 25.3. The van der Waals surface area contributed by atoms with Gasteiger partial charge in [-0.15, -0.1) is 0 Å². The molecule has 0 spiro atoms. The molecule has 185 valence electrons. The van der Waals surface area contributed by atoms with Gasteiger partial charge in [-0.05, 0) is 52.5 Å². The van der Waals surface area contributed by atoms with E-state index in [0.29, 0.717) is 48.9 Å². The first-order chi connectivity index (χ1) is 16.3. The molecule has 0 bridgehead atoms. The van der Waals surface area contributed by atoms with E-state index in [1.165, 1.54) is 0 Å². The number of phenolic OH excluding ortho intramolecular Hbond substituents is 2. The summed E-state index contributed by atoms with van der Waals surface area (Å²) in [5.74, 6) is 1.50. The van der Waals surface area contributed by atoms with Crippen LogP contribution in [-0.4, -0.2) is 100 Å². The molecule has 0 aliphatic rings. The van der Waals surface area contributed by atoms with Crippen LogP contribution in [0.15, 0.2) is 46.4 Å². The fourth-order valence-electron chi connectivity index (χ4n) is 2.58. The Balaban J connectivity index is 0.00000281. The Hall–Kier alpha value is -2.72. The molecular formula is C24H34N4O5V. The van der Waals surface area contributed by atoms with Crippen LogP contribution in [-0.2, 0) is 21.0 Å². The van der Waals surface area contributed by atoms with Crippen molar-refractivity contribution in [3.8, 4) is 23.0 Å². The number of likely N-dealkylation sites (N-methyl/N-ethyl adjacent to an activating group) is 2. The molecule has 0 fully saturated rings. The van der Waals surface area contributed by atoms with Gasteiger partial charge in [0.05, 0.1) is 13.1 Å². The van der Waals surface area contributed by atoms with Gasteiger partial charge in [-0.1, -0.05) is 0 Å². The molecule has 0 amide bonds. The Kier molecular flexibility index (Phi) is 14.5. The van der Waals surface area contributed by atoms with Crippen molar-refractivity contribution >= 4 is 12.4 Å². The van der Waals surface area contributed by atoms with Crippen LogP contribution in [0.5, 0.6) is 23.0 Å². The molecule has 2 aromatic rings. The molecule has 0 heterocycles. The molecule has 2 aromatic carbocycles. The van der Waals surface area contributed by atoms with Gasteiger partial charge >= 0.3 is 21.0 Å². The summed E-state index contributed by atoms with van der Waals surface area (Å²) in [6.45, 7) is 3.64. The third-order valence-corrected chi connectivity index (χ3v) is 4.44. The van der Waals surface area contributed by atoms with Crippen LogP contribution in [0.25, 0.3) is 0 Å². The van der Waals surface area contributed by atoms with E-state index in [4.69, 9.17) is 13.1 Å². The van der Waals surface area contributed by atoms with Gasteiger partial charge < -0.3 is 29.5 Å². The van der Waals surface area contributed by atoms with Crippen LogP contribution in [0.1, 0.15) is 11.1 Å². The van der Waals surface area contributed by atoms with Gasteiger partial charge in [-0.3, -0.25) is 9.98 Å². The molecular weight excluding hydrogens is 475 g/mol.